The van der Waals surface area contributed by atoms with Gasteiger partial charge in [-0.25, -0.2) is 5.26 Å². The van der Waals surface area contributed by atoms with E-state index in [1.807, 2.05) is 0 Å². The summed E-state index contributed by atoms with van der Waals surface area (Å²) in [6.45, 7) is 4.80. The van der Waals surface area contributed by atoms with Crippen molar-refractivity contribution in [3.05, 3.63) is 24.3 Å². The molecule has 0 heterocycles. The van der Waals surface area contributed by atoms with Crippen molar-refractivity contribution < 1.29 is 19.7 Å². The number of carbonyl (C=O) groups is 1. The van der Waals surface area contributed by atoms with Gasteiger partial charge in [0.05, 0.1) is 6.42 Å². The van der Waals surface area contributed by atoms with Gasteiger partial charge in [-0.1, -0.05) is 0 Å². The predicted octanol–water partition coefficient (Wildman–Crippen LogP) is 4.88. The molecule has 0 amide bonds. The number of ether oxygens (including phenoxy) is 1. The topological polar surface area (TPSA) is 67.8 Å². The van der Waals surface area contributed by atoms with Crippen molar-refractivity contribution in [2.24, 2.45) is 23.2 Å². The van der Waals surface area contributed by atoms with Crippen LogP contribution in [-0.2, 0) is 9.53 Å². The largest absolute Gasteiger partial charge is 0.459 e. The molecule has 0 unspecified atom stereocenters. The van der Waals surface area contributed by atoms with Gasteiger partial charge in [-0.3, -0.25) is 4.79 Å². The number of nitrogens with one attached hydrogen (secondary N) is 1. The van der Waals surface area contributed by atoms with Gasteiger partial charge in [-0.15, -0.1) is 0 Å². The quantitative estimate of drug-likeness (QED) is 0.405. The van der Waals surface area contributed by atoms with Crippen molar-refractivity contribution >= 4 is 11.7 Å². The van der Waals surface area contributed by atoms with Crippen LogP contribution in [0.3, 0.4) is 0 Å². The Morgan fingerprint density at radius 2 is 1.67 bits per heavy atom. The molecule has 4 saturated carbocycles. The third-order valence-corrected chi connectivity index (χ3v) is 7.30. The van der Waals surface area contributed by atoms with Crippen molar-refractivity contribution in [2.75, 3.05) is 11.9 Å². The lowest BCUT2D eigenvalue weighted by Crippen LogP contribution is -2.57. The van der Waals surface area contributed by atoms with Crippen LogP contribution in [0.1, 0.15) is 58.8 Å². The predicted molar refractivity (Wildman–Crippen MR) is 104 cm³/mol. The van der Waals surface area contributed by atoms with Crippen LogP contribution >= 0.6 is 0 Å². The average molecular weight is 373 g/mol. The Morgan fingerprint density at radius 1 is 1.11 bits per heavy atom. The second-order valence-electron chi connectivity index (χ2n) is 9.47. The highest BCUT2D eigenvalue weighted by Crippen LogP contribution is 2.64. The molecule has 0 saturated heterocycles. The second kappa shape index (κ2) is 7.01. The fourth-order valence-electron chi connectivity index (χ4n) is 6.23. The maximum absolute atomic E-state index is 12.5. The zero-order chi connectivity index (χ0) is 19.1. The van der Waals surface area contributed by atoms with Crippen LogP contribution in [-0.4, -0.2) is 23.4 Å². The summed E-state index contributed by atoms with van der Waals surface area (Å²) >= 11 is 0. The molecule has 2 N–H and O–H groups in total. The maximum atomic E-state index is 12.5. The van der Waals surface area contributed by atoms with E-state index in [4.69, 9.17) is 9.99 Å². The first-order valence-electron chi connectivity index (χ1n) is 10.3. The van der Waals surface area contributed by atoms with Gasteiger partial charge in [0.25, 0.3) is 0 Å². The molecule has 1 aromatic carbocycles. The molecule has 0 atom stereocenters. The van der Waals surface area contributed by atoms with Crippen LogP contribution < -0.4 is 10.2 Å². The molecule has 27 heavy (non-hydrogen) atoms. The molecule has 5 heteroatoms. The first kappa shape index (κ1) is 18.6. The van der Waals surface area contributed by atoms with Crippen LogP contribution in [0.25, 0.3) is 0 Å². The summed E-state index contributed by atoms with van der Waals surface area (Å²) < 4.78 is 6.07. The SMILES string of the molecule is CC(C)(OC(=O)CCNc1ccc(OO)cc1)C12CC3CC(CC(C3)C1)C2. The minimum absolute atomic E-state index is 0.126. The number of benzene rings is 1. The summed E-state index contributed by atoms with van der Waals surface area (Å²) in [5, 5.41) is 11.8. The van der Waals surface area contributed by atoms with E-state index in [1.165, 1.54) is 38.5 Å². The van der Waals surface area contributed by atoms with Gasteiger partial charge in [0.1, 0.15) is 5.60 Å². The zero-order valence-electron chi connectivity index (χ0n) is 16.4. The van der Waals surface area contributed by atoms with Crippen molar-refractivity contribution in [3.63, 3.8) is 0 Å². The van der Waals surface area contributed by atoms with Crippen LogP contribution in [0, 0.1) is 23.2 Å². The van der Waals surface area contributed by atoms with E-state index in [9.17, 15) is 4.79 Å². The Balaban J connectivity index is 1.30. The van der Waals surface area contributed by atoms with Crippen LogP contribution in [0.2, 0.25) is 0 Å². The van der Waals surface area contributed by atoms with Crippen molar-refractivity contribution in [1.29, 1.82) is 0 Å². The molecule has 5 nitrogen and oxygen atoms in total. The molecule has 0 spiro atoms. The minimum atomic E-state index is -0.389. The molecule has 4 fully saturated rings. The molecular formula is C22H31NO4. The van der Waals surface area contributed by atoms with E-state index in [2.05, 4.69) is 24.1 Å². The Bertz CT molecular complexity index is 647. The Kier molecular flexibility index (Phi) is 4.83. The first-order valence-corrected chi connectivity index (χ1v) is 10.3. The highest BCUT2D eigenvalue weighted by atomic mass is 17.1. The molecule has 0 aliphatic heterocycles. The summed E-state index contributed by atoms with van der Waals surface area (Å²) in [5.74, 6) is 2.81. The highest BCUT2D eigenvalue weighted by molar-refractivity contribution is 5.70. The number of rotatable bonds is 7. The molecule has 5 rings (SSSR count). The van der Waals surface area contributed by atoms with Gasteiger partial charge < -0.3 is 14.9 Å². The van der Waals surface area contributed by atoms with Crippen LogP contribution in [0.4, 0.5) is 5.69 Å². The third-order valence-electron chi connectivity index (χ3n) is 7.30. The summed E-state index contributed by atoms with van der Waals surface area (Å²) in [5.41, 5.74) is 0.675. The monoisotopic (exact) mass is 373 g/mol. The number of carbonyl (C=O) groups excluding carboxylic acids is 1. The lowest BCUT2D eigenvalue weighted by atomic mass is 9.46. The van der Waals surface area contributed by atoms with E-state index in [0.29, 0.717) is 18.7 Å². The Morgan fingerprint density at radius 3 is 2.19 bits per heavy atom. The first-order chi connectivity index (χ1) is 12.9. The summed E-state index contributed by atoms with van der Waals surface area (Å²) in [6.07, 6.45) is 8.23. The van der Waals surface area contributed by atoms with E-state index < -0.39 is 0 Å². The second-order valence-corrected chi connectivity index (χ2v) is 9.47. The average Bonchev–Trinajstić information content (AvgIpc) is 2.60. The molecule has 4 aliphatic carbocycles. The van der Waals surface area contributed by atoms with Gasteiger partial charge in [0.2, 0.25) is 0 Å². The summed E-state index contributed by atoms with van der Waals surface area (Å²) in [6, 6.07) is 6.93. The van der Waals surface area contributed by atoms with Gasteiger partial charge in [0, 0.05) is 17.6 Å². The third kappa shape index (κ3) is 3.66. The van der Waals surface area contributed by atoms with Crippen molar-refractivity contribution in [1.82, 2.24) is 0 Å². The lowest BCUT2D eigenvalue weighted by molar-refractivity contribution is -0.198. The number of hydrogen-bond donors (Lipinski definition) is 2. The molecule has 148 valence electrons. The summed E-state index contributed by atoms with van der Waals surface area (Å²) in [7, 11) is 0. The normalized spacial score (nSPS) is 31.6. The molecule has 1 aromatic rings. The number of esters is 1. The van der Waals surface area contributed by atoms with Crippen LogP contribution in [0.5, 0.6) is 5.75 Å². The molecule has 4 aliphatic rings. The standard InChI is InChI=1S/C22H31NO4/c1-21(2,22-12-15-9-16(13-22)11-17(10-15)14-22)26-20(24)7-8-23-18-3-5-19(27-25)6-4-18/h3-6,15-17,23,25H,7-14H2,1-2H3. The van der Waals surface area contributed by atoms with Gasteiger partial charge in [-0.05, 0) is 94.4 Å². The smallest absolute Gasteiger partial charge is 0.308 e. The highest BCUT2D eigenvalue weighted by Gasteiger charge is 2.58. The van der Waals surface area contributed by atoms with E-state index in [1.54, 1.807) is 24.3 Å². The Hall–Kier alpha value is -1.75. The molecule has 0 aromatic heterocycles. The molecular weight excluding hydrogens is 342 g/mol. The number of hydrogen-bond acceptors (Lipinski definition) is 5. The fraction of sp³-hybridized carbons (Fsp3) is 0.682. The van der Waals surface area contributed by atoms with Crippen molar-refractivity contribution in [3.8, 4) is 5.75 Å². The van der Waals surface area contributed by atoms with E-state index in [0.717, 1.165) is 23.4 Å². The summed E-state index contributed by atoms with van der Waals surface area (Å²) in [4.78, 5) is 16.7. The number of anilines is 1. The van der Waals surface area contributed by atoms with E-state index >= 15 is 0 Å². The van der Waals surface area contributed by atoms with Gasteiger partial charge >= 0.3 is 5.97 Å². The zero-order valence-corrected chi connectivity index (χ0v) is 16.4. The van der Waals surface area contributed by atoms with Crippen molar-refractivity contribution in [2.45, 2.75) is 64.4 Å². The Labute approximate surface area is 161 Å². The van der Waals surface area contributed by atoms with Gasteiger partial charge in [0.15, 0.2) is 5.75 Å². The minimum Gasteiger partial charge on any atom is -0.459 e. The lowest BCUT2D eigenvalue weighted by Gasteiger charge is -2.61. The van der Waals surface area contributed by atoms with Gasteiger partial charge in [-0.2, -0.15) is 0 Å². The molecule has 0 radical (unpaired) electrons. The molecule has 4 bridgehead atoms. The van der Waals surface area contributed by atoms with E-state index in [-0.39, 0.29) is 17.0 Å². The van der Waals surface area contributed by atoms with Crippen LogP contribution in [0.15, 0.2) is 24.3 Å². The fourth-order valence-corrected chi connectivity index (χ4v) is 6.23. The maximum Gasteiger partial charge on any atom is 0.308 e.